The van der Waals surface area contributed by atoms with Crippen LogP contribution in [0, 0.1) is 0 Å². The van der Waals surface area contributed by atoms with Crippen molar-refractivity contribution in [1.29, 1.82) is 0 Å². The first kappa shape index (κ1) is 27.8. The van der Waals surface area contributed by atoms with E-state index < -0.39 is 0 Å². The molecule has 1 aliphatic heterocycles. The summed E-state index contributed by atoms with van der Waals surface area (Å²) in [6, 6.07) is 60.2. The molecule has 0 fully saturated rings. The predicted molar refractivity (Wildman–Crippen MR) is 217 cm³/mol. The lowest BCUT2D eigenvalue weighted by molar-refractivity contribution is 0.258. The summed E-state index contributed by atoms with van der Waals surface area (Å²) < 4.78 is 13.3. The smallest absolute Gasteiger partial charge is 0.143 e. The van der Waals surface area contributed by atoms with Crippen molar-refractivity contribution >= 4 is 55.3 Å². The third kappa shape index (κ3) is 2.84. The molecular formula is C51H29NO2. The summed E-state index contributed by atoms with van der Waals surface area (Å²) in [5.41, 5.74) is 20.0. The van der Waals surface area contributed by atoms with Gasteiger partial charge in [-0.15, -0.1) is 0 Å². The molecule has 3 atom stereocenters. The van der Waals surface area contributed by atoms with Crippen molar-refractivity contribution in [2.45, 2.75) is 16.7 Å². The molecule has 3 nitrogen and oxygen atoms in total. The van der Waals surface area contributed by atoms with E-state index in [0.29, 0.717) is 0 Å². The van der Waals surface area contributed by atoms with Gasteiger partial charge in [0.25, 0.3) is 0 Å². The summed E-state index contributed by atoms with van der Waals surface area (Å²) in [4.78, 5) is 0. The Labute approximate surface area is 310 Å². The molecule has 1 N–H and O–H groups in total. The minimum atomic E-state index is -0.385. The van der Waals surface area contributed by atoms with Crippen LogP contribution in [0.5, 0.6) is 0 Å². The van der Waals surface area contributed by atoms with E-state index >= 15 is 0 Å². The molecule has 0 saturated heterocycles. The summed E-state index contributed by atoms with van der Waals surface area (Å²) in [6.45, 7) is 0. The number of para-hydroxylation sites is 4. The predicted octanol–water partition coefficient (Wildman–Crippen LogP) is 13.0. The van der Waals surface area contributed by atoms with Crippen molar-refractivity contribution in [2.75, 3.05) is 5.32 Å². The third-order valence-corrected chi connectivity index (χ3v) is 13.5. The van der Waals surface area contributed by atoms with E-state index in [1.54, 1.807) is 0 Å². The van der Waals surface area contributed by atoms with Gasteiger partial charge in [0.2, 0.25) is 0 Å². The Hall–Kier alpha value is -6.84. The van der Waals surface area contributed by atoms with E-state index in [0.717, 1.165) is 55.0 Å². The molecule has 4 aliphatic rings. The van der Waals surface area contributed by atoms with Gasteiger partial charge >= 0.3 is 0 Å². The van der Waals surface area contributed by atoms with E-state index in [4.69, 9.17) is 8.83 Å². The van der Waals surface area contributed by atoms with E-state index in [2.05, 4.69) is 163 Å². The van der Waals surface area contributed by atoms with Crippen LogP contribution in [0.3, 0.4) is 0 Å². The number of hydrogen-bond acceptors (Lipinski definition) is 3. The van der Waals surface area contributed by atoms with Gasteiger partial charge in [0.05, 0.1) is 5.41 Å². The van der Waals surface area contributed by atoms with E-state index in [-0.39, 0.29) is 16.7 Å². The van der Waals surface area contributed by atoms with Crippen LogP contribution in [0.1, 0.15) is 44.9 Å². The van der Waals surface area contributed by atoms with Crippen LogP contribution < -0.4 is 5.32 Å². The quantitative estimate of drug-likeness (QED) is 0.197. The molecule has 0 radical (unpaired) electrons. The van der Waals surface area contributed by atoms with Crippen LogP contribution in [0.4, 0.5) is 11.4 Å². The highest BCUT2D eigenvalue weighted by Crippen LogP contribution is 2.84. The zero-order chi connectivity index (χ0) is 34.9. The number of furan rings is 2. The maximum absolute atomic E-state index is 6.73. The first-order valence-electron chi connectivity index (χ1n) is 18.9. The molecule has 250 valence electrons. The van der Waals surface area contributed by atoms with Gasteiger partial charge in [-0.05, 0) is 80.4 Å². The Kier molecular flexibility index (Phi) is 4.73. The average Bonchev–Trinajstić information content (AvgIpc) is 3.85. The molecule has 0 bridgehead atoms. The van der Waals surface area contributed by atoms with Crippen LogP contribution in [-0.4, -0.2) is 0 Å². The second kappa shape index (κ2) is 9.20. The molecule has 3 heteroatoms. The number of nitrogens with one attached hydrogen (secondary N) is 1. The maximum Gasteiger partial charge on any atom is 0.143 e. The number of hydrogen-bond donors (Lipinski definition) is 1. The SMILES string of the molecule is c1ccc2c(c1)C1c3c(-c4cccc5c4oc4ccccc45)ccc4c3C3(c5cc(-c6cccc7c6oc6ccccc67)ccc5N4)c4ccccc4C213. The summed E-state index contributed by atoms with van der Waals surface area (Å²) in [6.07, 6.45) is 0. The largest absolute Gasteiger partial charge is 0.455 e. The zero-order valence-electron chi connectivity index (χ0n) is 29.0. The highest BCUT2D eigenvalue weighted by atomic mass is 16.3. The lowest BCUT2D eigenvalue weighted by Crippen LogP contribution is -2.64. The molecule has 3 heterocycles. The zero-order valence-corrected chi connectivity index (χ0v) is 29.0. The van der Waals surface area contributed by atoms with Crippen molar-refractivity contribution in [3.8, 4) is 22.3 Å². The van der Waals surface area contributed by atoms with Crippen molar-refractivity contribution in [3.05, 3.63) is 203 Å². The Morgan fingerprint density at radius 1 is 0.444 bits per heavy atom. The van der Waals surface area contributed by atoms with E-state index in [9.17, 15) is 0 Å². The first-order chi connectivity index (χ1) is 26.8. The molecular weight excluding hydrogens is 659 g/mol. The second-order valence-corrected chi connectivity index (χ2v) is 15.5. The van der Waals surface area contributed by atoms with Crippen LogP contribution in [0.15, 0.2) is 173 Å². The minimum absolute atomic E-state index is 0.184. The minimum Gasteiger partial charge on any atom is -0.455 e. The second-order valence-electron chi connectivity index (χ2n) is 15.5. The van der Waals surface area contributed by atoms with E-state index in [1.807, 2.05) is 6.07 Å². The number of rotatable bonds is 2. The molecule has 2 spiro atoms. The summed E-state index contributed by atoms with van der Waals surface area (Å²) in [5.74, 6) is 0.184. The van der Waals surface area contributed by atoms with Crippen molar-refractivity contribution in [2.24, 2.45) is 0 Å². The monoisotopic (exact) mass is 687 g/mol. The molecule has 10 aromatic rings. The standard InChI is InChI=1S/C51H29NO2/c1-4-18-37-36(13-1)46-45-32(35-17-10-16-34-31-12-3-8-22-44(31)54-49(34)35)24-26-42-47(45)51(39-20-6-5-19-38(39)50(37,46)51)40-27-28(23-25-41(40)52-42)29-14-9-15-33-30-11-2-7-21-43(30)53-48(29)33/h1-27,46,52H. The normalized spacial score (nSPS) is 20.7. The molecule has 54 heavy (non-hydrogen) atoms. The fraction of sp³-hybridized carbons (Fsp3) is 0.0588. The number of benzene rings is 8. The number of anilines is 2. The van der Waals surface area contributed by atoms with Gasteiger partial charge in [0.1, 0.15) is 22.3 Å². The Bertz CT molecular complexity index is 3340. The fourth-order valence-electron chi connectivity index (χ4n) is 11.7. The topological polar surface area (TPSA) is 38.3 Å². The summed E-state index contributed by atoms with van der Waals surface area (Å²) in [5, 5.41) is 8.59. The van der Waals surface area contributed by atoms with Crippen LogP contribution in [-0.2, 0) is 10.8 Å². The molecule has 3 unspecified atom stereocenters. The highest BCUT2D eigenvalue weighted by molar-refractivity contribution is 6.12. The van der Waals surface area contributed by atoms with Crippen molar-refractivity contribution < 1.29 is 8.83 Å². The molecule has 8 aromatic carbocycles. The van der Waals surface area contributed by atoms with Gasteiger partial charge in [-0.2, -0.15) is 0 Å². The Morgan fingerprint density at radius 3 is 1.83 bits per heavy atom. The molecule has 0 amide bonds. The van der Waals surface area contributed by atoms with Gasteiger partial charge in [-0.1, -0.05) is 133 Å². The molecule has 0 saturated carbocycles. The van der Waals surface area contributed by atoms with Gasteiger partial charge in [0, 0.05) is 55.4 Å². The summed E-state index contributed by atoms with van der Waals surface area (Å²) >= 11 is 0. The Balaban J connectivity index is 1.10. The maximum atomic E-state index is 6.73. The molecule has 2 aromatic heterocycles. The van der Waals surface area contributed by atoms with Gasteiger partial charge in [-0.25, -0.2) is 0 Å². The van der Waals surface area contributed by atoms with Crippen LogP contribution in [0.25, 0.3) is 66.1 Å². The Morgan fingerprint density at radius 2 is 1.06 bits per heavy atom. The van der Waals surface area contributed by atoms with Gasteiger partial charge in [0.15, 0.2) is 0 Å². The van der Waals surface area contributed by atoms with Crippen LogP contribution >= 0.6 is 0 Å². The van der Waals surface area contributed by atoms with Gasteiger partial charge < -0.3 is 14.2 Å². The van der Waals surface area contributed by atoms with Crippen LogP contribution in [0.2, 0.25) is 0 Å². The number of fused-ring (bicyclic) bond motifs is 11. The van der Waals surface area contributed by atoms with Gasteiger partial charge in [-0.3, -0.25) is 0 Å². The molecule has 3 aliphatic carbocycles. The lowest BCUT2D eigenvalue weighted by Gasteiger charge is -2.66. The molecule has 14 rings (SSSR count). The average molecular weight is 688 g/mol. The fourth-order valence-corrected chi connectivity index (χ4v) is 11.7. The first-order valence-corrected chi connectivity index (χ1v) is 18.9. The lowest BCUT2D eigenvalue weighted by atomic mass is 9.35. The highest BCUT2D eigenvalue weighted by Gasteiger charge is 2.79. The third-order valence-electron chi connectivity index (χ3n) is 13.5. The van der Waals surface area contributed by atoms with Crippen molar-refractivity contribution in [3.63, 3.8) is 0 Å². The van der Waals surface area contributed by atoms with E-state index in [1.165, 1.54) is 61.4 Å². The van der Waals surface area contributed by atoms with Crippen molar-refractivity contribution in [1.82, 2.24) is 0 Å². The summed E-state index contributed by atoms with van der Waals surface area (Å²) in [7, 11) is 0.